The molecular weight excluding hydrogens is 380 g/mol. The van der Waals surface area contributed by atoms with Crippen molar-refractivity contribution in [2.45, 2.75) is 39.0 Å². The molecule has 27 heavy (non-hydrogen) atoms. The molecule has 1 aromatic carbocycles. The molecule has 5 rings (SSSR count). The van der Waals surface area contributed by atoms with Gasteiger partial charge in [0, 0.05) is 11.3 Å². The topological polar surface area (TPSA) is 64.3 Å². The Labute approximate surface area is 164 Å². The van der Waals surface area contributed by atoms with Gasteiger partial charge in [-0.15, -0.1) is 16.4 Å². The van der Waals surface area contributed by atoms with Crippen LogP contribution in [-0.4, -0.2) is 24.8 Å². The van der Waals surface area contributed by atoms with E-state index >= 15 is 0 Å². The summed E-state index contributed by atoms with van der Waals surface area (Å²) in [5.41, 5.74) is 1.82. The van der Waals surface area contributed by atoms with E-state index in [1.807, 2.05) is 34.7 Å². The molecule has 0 amide bonds. The SMILES string of the molecule is CC1(C)Cc2c(sc3c2c(=O)n(Cc2ccccc2)c2n[nH]c(=S)n32)CO1. The Morgan fingerprint density at radius 2 is 2.11 bits per heavy atom. The monoisotopic (exact) mass is 398 g/mol. The molecule has 8 heteroatoms. The first kappa shape index (κ1) is 16.9. The number of rotatable bonds is 2. The third-order valence-corrected chi connectivity index (χ3v) is 6.47. The maximum atomic E-state index is 13.5. The smallest absolute Gasteiger partial charge is 0.264 e. The highest BCUT2D eigenvalue weighted by Gasteiger charge is 2.31. The van der Waals surface area contributed by atoms with Crippen LogP contribution in [-0.2, 0) is 24.3 Å². The number of hydrogen-bond donors (Lipinski definition) is 1. The zero-order chi connectivity index (χ0) is 18.8. The predicted molar refractivity (Wildman–Crippen MR) is 108 cm³/mol. The third kappa shape index (κ3) is 2.59. The number of nitrogens with one attached hydrogen (secondary N) is 1. The Hall–Kier alpha value is -2.29. The van der Waals surface area contributed by atoms with Crippen molar-refractivity contribution in [1.29, 1.82) is 0 Å². The maximum absolute atomic E-state index is 13.5. The van der Waals surface area contributed by atoms with Gasteiger partial charge >= 0.3 is 0 Å². The lowest BCUT2D eigenvalue weighted by molar-refractivity contribution is -0.0379. The number of ether oxygens (including phenoxy) is 1. The van der Waals surface area contributed by atoms with Crippen LogP contribution in [0.3, 0.4) is 0 Å². The molecule has 4 aromatic rings. The maximum Gasteiger partial charge on any atom is 0.264 e. The van der Waals surface area contributed by atoms with Gasteiger partial charge in [0.1, 0.15) is 4.83 Å². The lowest BCUT2D eigenvalue weighted by atomic mass is 9.94. The normalized spacial score (nSPS) is 16.1. The fourth-order valence-corrected chi connectivity index (χ4v) is 5.21. The van der Waals surface area contributed by atoms with Crippen molar-refractivity contribution in [3.8, 4) is 0 Å². The Morgan fingerprint density at radius 1 is 1.33 bits per heavy atom. The second kappa shape index (κ2) is 5.85. The van der Waals surface area contributed by atoms with E-state index in [2.05, 4.69) is 24.0 Å². The summed E-state index contributed by atoms with van der Waals surface area (Å²) in [5, 5.41) is 7.94. The Bertz CT molecular complexity index is 1290. The van der Waals surface area contributed by atoms with Gasteiger partial charge in [-0.05, 0) is 37.2 Å². The van der Waals surface area contributed by atoms with Crippen molar-refractivity contribution in [2.75, 3.05) is 0 Å². The van der Waals surface area contributed by atoms with Crippen LogP contribution in [0.5, 0.6) is 0 Å². The zero-order valence-electron chi connectivity index (χ0n) is 15.0. The lowest BCUT2D eigenvalue weighted by Crippen LogP contribution is -2.32. The molecule has 0 atom stereocenters. The van der Waals surface area contributed by atoms with Gasteiger partial charge in [-0.2, -0.15) is 0 Å². The first-order valence-electron chi connectivity index (χ1n) is 8.77. The molecule has 1 aliphatic rings. The minimum atomic E-state index is -0.287. The van der Waals surface area contributed by atoms with E-state index in [0.29, 0.717) is 30.1 Å². The summed E-state index contributed by atoms with van der Waals surface area (Å²) in [6.07, 6.45) is 0.708. The number of thiophene rings is 1. The average Bonchev–Trinajstić information content (AvgIpc) is 3.19. The summed E-state index contributed by atoms with van der Waals surface area (Å²) < 4.78 is 10.0. The van der Waals surface area contributed by atoms with Gasteiger partial charge in [-0.3, -0.25) is 9.36 Å². The van der Waals surface area contributed by atoms with Crippen LogP contribution >= 0.6 is 23.6 Å². The van der Waals surface area contributed by atoms with E-state index < -0.39 is 0 Å². The summed E-state index contributed by atoms with van der Waals surface area (Å²) in [7, 11) is 0. The van der Waals surface area contributed by atoms with Crippen LogP contribution in [0.15, 0.2) is 35.1 Å². The molecular formula is C19H18N4O2S2. The third-order valence-electron chi connectivity index (χ3n) is 5.01. The molecule has 0 saturated heterocycles. The molecule has 138 valence electrons. The summed E-state index contributed by atoms with van der Waals surface area (Å²) in [6, 6.07) is 9.92. The highest BCUT2D eigenvalue weighted by molar-refractivity contribution is 7.71. The number of H-pyrrole nitrogens is 1. The van der Waals surface area contributed by atoms with Gasteiger partial charge in [-0.1, -0.05) is 30.3 Å². The Kier molecular flexibility index (Phi) is 3.65. The lowest BCUT2D eigenvalue weighted by Gasteiger charge is -2.29. The number of nitrogens with zero attached hydrogens (tertiary/aromatic N) is 3. The van der Waals surface area contributed by atoms with Crippen molar-refractivity contribution >= 4 is 39.5 Å². The fraction of sp³-hybridized carbons (Fsp3) is 0.316. The summed E-state index contributed by atoms with van der Waals surface area (Å²) in [6.45, 7) is 5.09. The second-order valence-corrected chi connectivity index (χ2v) is 8.92. The summed E-state index contributed by atoms with van der Waals surface area (Å²) >= 11 is 7.05. The van der Waals surface area contributed by atoms with E-state index in [1.54, 1.807) is 15.9 Å². The first-order valence-corrected chi connectivity index (χ1v) is 9.99. The van der Waals surface area contributed by atoms with Gasteiger partial charge in [0.05, 0.1) is 24.1 Å². The van der Waals surface area contributed by atoms with Gasteiger partial charge in [0.15, 0.2) is 0 Å². The minimum absolute atomic E-state index is 0.0226. The molecule has 0 radical (unpaired) electrons. The van der Waals surface area contributed by atoms with Crippen LogP contribution in [0.1, 0.15) is 29.9 Å². The second-order valence-electron chi connectivity index (χ2n) is 7.45. The fourth-order valence-electron chi connectivity index (χ4n) is 3.70. The largest absolute Gasteiger partial charge is 0.370 e. The van der Waals surface area contributed by atoms with Gasteiger partial charge in [-0.25, -0.2) is 9.50 Å². The Balaban J connectivity index is 1.86. The van der Waals surface area contributed by atoms with E-state index in [0.717, 1.165) is 26.2 Å². The van der Waals surface area contributed by atoms with Crippen molar-refractivity contribution in [2.24, 2.45) is 0 Å². The molecule has 0 saturated carbocycles. The number of benzene rings is 1. The van der Waals surface area contributed by atoms with Crippen LogP contribution < -0.4 is 5.56 Å². The molecule has 0 fully saturated rings. The number of aromatic nitrogens is 4. The van der Waals surface area contributed by atoms with Crippen molar-refractivity contribution in [3.05, 3.63) is 61.5 Å². The van der Waals surface area contributed by atoms with Crippen molar-refractivity contribution in [3.63, 3.8) is 0 Å². The number of fused-ring (bicyclic) bond motifs is 5. The van der Waals surface area contributed by atoms with Gasteiger partial charge in [0.25, 0.3) is 5.56 Å². The molecule has 0 bridgehead atoms. The van der Waals surface area contributed by atoms with E-state index in [1.165, 1.54) is 0 Å². The molecule has 1 aliphatic heterocycles. The molecule has 4 heterocycles. The van der Waals surface area contributed by atoms with Crippen molar-refractivity contribution in [1.82, 2.24) is 19.2 Å². The molecule has 1 N–H and O–H groups in total. The predicted octanol–water partition coefficient (Wildman–Crippen LogP) is 3.67. The summed E-state index contributed by atoms with van der Waals surface area (Å²) in [4.78, 5) is 15.5. The number of aromatic amines is 1. The minimum Gasteiger partial charge on any atom is -0.370 e. The van der Waals surface area contributed by atoms with Gasteiger partial charge < -0.3 is 4.74 Å². The quantitative estimate of drug-likeness (QED) is 0.523. The van der Waals surface area contributed by atoms with E-state index in [9.17, 15) is 4.79 Å². The zero-order valence-corrected chi connectivity index (χ0v) is 16.6. The van der Waals surface area contributed by atoms with Crippen molar-refractivity contribution < 1.29 is 4.74 Å². The standard InChI is InChI=1S/C19H18N4O2S2/c1-19(2)8-12-13(10-25-19)27-16-14(12)15(24)22(9-11-6-4-3-5-7-11)17-20-21-18(26)23(16)17/h3-7H,8-10H2,1-2H3,(H,21,26). The summed E-state index contributed by atoms with van der Waals surface area (Å²) in [5.74, 6) is 0.542. The van der Waals surface area contributed by atoms with E-state index in [4.69, 9.17) is 17.0 Å². The molecule has 0 aliphatic carbocycles. The highest BCUT2D eigenvalue weighted by atomic mass is 32.1. The Morgan fingerprint density at radius 3 is 2.89 bits per heavy atom. The molecule has 0 unspecified atom stereocenters. The highest BCUT2D eigenvalue weighted by Crippen LogP contribution is 2.37. The number of hydrogen-bond acceptors (Lipinski definition) is 5. The van der Waals surface area contributed by atoms with Crippen LogP contribution in [0.25, 0.3) is 16.0 Å². The molecule has 0 spiro atoms. The average molecular weight is 399 g/mol. The van der Waals surface area contributed by atoms with E-state index in [-0.39, 0.29) is 11.2 Å². The molecule has 6 nitrogen and oxygen atoms in total. The van der Waals surface area contributed by atoms with Crippen LogP contribution in [0.4, 0.5) is 0 Å². The first-order chi connectivity index (χ1) is 12.9. The van der Waals surface area contributed by atoms with Gasteiger partial charge in [0.2, 0.25) is 10.5 Å². The van der Waals surface area contributed by atoms with Crippen LogP contribution in [0.2, 0.25) is 0 Å². The molecule has 3 aromatic heterocycles. The van der Waals surface area contributed by atoms with Crippen LogP contribution in [0, 0.1) is 4.77 Å².